The monoisotopic (exact) mass is 466 g/mol. The molecule has 178 valence electrons. The third-order valence-electron chi connectivity index (χ3n) is 6.26. The van der Waals surface area contributed by atoms with Crippen molar-refractivity contribution in [2.24, 2.45) is 5.73 Å². The number of nitrogens with two attached hydrogens (primary N) is 1. The van der Waals surface area contributed by atoms with Gasteiger partial charge in [-0.15, -0.1) is 0 Å². The molecule has 4 rings (SSSR count). The van der Waals surface area contributed by atoms with Crippen molar-refractivity contribution in [3.05, 3.63) is 47.8 Å². The Morgan fingerprint density at radius 2 is 2.12 bits per heavy atom. The molecule has 3 aromatic heterocycles. The van der Waals surface area contributed by atoms with Gasteiger partial charge in [0.15, 0.2) is 0 Å². The molecule has 10 heteroatoms. The van der Waals surface area contributed by atoms with E-state index in [1.807, 2.05) is 6.07 Å². The molecule has 1 fully saturated rings. The van der Waals surface area contributed by atoms with Gasteiger partial charge in [0.1, 0.15) is 12.2 Å². The van der Waals surface area contributed by atoms with E-state index >= 15 is 4.39 Å². The topological polar surface area (TPSA) is 141 Å². The van der Waals surface area contributed by atoms with Crippen molar-refractivity contribution in [3.63, 3.8) is 0 Å². The lowest BCUT2D eigenvalue weighted by molar-refractivity contribution is -0.0373. The van der Waals surface area contributed by atoms with Gasteiger partial charge in [0.2, 0.25) is 0 Å². The fourth-order valence-corrected chi connectivity index (χ4v) is 4.28. The standard InChI is InChI=1S/C24H27FN6O3/c1-23(2,33)21(25)13-30(16-8-24(3,34)9-16)20-7-18(28-12-17(20)22(27)32)19-5-4-15-6-14(10-26)11-29-31(15)19/h4-7,11-12,16,21,33-34H,8-9,13H2,1-3H3,(H2,27,32)/t16?,21-,24?/m1/s1. The molecular weight excluding hydrogens is 439 g/mol. The number of pyridine rings is 1. The van der Waals surface area contributed by atoms with Gasteiger partial charge in [-0.25, -0.2) is 8.91 Å². The minimum Gasteiger partial charge on any atom is -0.390 e. The molecule has 3 heterocycles. The molecule has 0 saturated heterocycles. The molecule has 0 aromatic carbocycles. The number of primary amides is 1. The van der Waals surface area contributed by atoms with Gasteiger partial charge in [0.05, 0.1) is 57.7 Å². The number of hydrogen-bond donors (Lipinski definition) is 3. The molecule has 1 saturated carbocycles. The maximum absolute atomic E-state index is 15.0. The lowest BCUT2D eigenvalue weighted by Crippen LogP contribution is -2.57. The van der Waals surface area contributed by atoms with Crippen molar-refractivity contribution in [3.8, 4) is 17.5 Å². The van der Waals surface area contributed by atoms with Crippen molar-refractivity contribution < 1.29 is 19.4 Å². The molecular formula is C24H27FN6O3. The quantitative estimate of drug-likeness (QED) is 0.485. The van der Waals surface area contributed by atoms with E-state index in [1.54, 1.807) is 40.6 Å². The molecule has 1 amide bonds. The first-order valence-electron chi connectivity index (χ1n) is 10.9. The number of halogens is 1. The number of anilines is 1. The molecule has 0 unspecified atom stereocenters. The Hall–Kier alpha value is -3.55. The number of amides is 1. The summed E-state index contributed by atoms with van der Waals surface area (Å²) in [6.07, 6.45) is 1.89. The van der Waals surface area contributed by atoms with Gasteiger partial charge in [-0.2, -0.15) is 10.4 Å². The van der Waals surface area contributed by atoms with E-state index in [0.29, 0.717) is 41.0 Å². The van der Waals surface area contributed by atoms with Crippen LogP contribution in [-0.4, -0.2) is 60.7 Å². The molecule has 0 spiro atoms. The van der Waals surface area contributed by atoms with Gasteiger partial charge in [-0.1, -0.05) is 0 Å². The third kappa shape index (κ3) is 4.44. The fraction of sp³-hybridized carbons (Fsp3) is 0.417. The zero-order chi connectivity index (χ0) is 24.8. The number of nitriles is 1. The van der Waals surface area contributed by atoms with E-state index in [2.05, 4.69) is 10.1 Å². The Labute approximate surface area is 196 Å². The number of rotatable bonds is 7. The van der Waals surface area contributed by atoms with Crippen LogP contribution in [0.4, 0.5) is 10.1 Å². The molecule has 1 aliphatic rings. The van der Waals surface area contributed by atoms with Gasteiger partial charge in [0.25, 0.3) is 5.91 Å². The van der Waals surface area contributed by atoms with Crippen LogP contribution in [-0.2, 0) is 0 Å². The molecule has 1 aliphatic carbocycles. The molecule has 4 N–H and O–H groups in total. The summed E-state index contributed by atoms with van der Waals surface area (Å²) in [5, 5.41) is 33.9. The van der Waals surface area contributed by atoms with Crippen molar-refractivity contribution in [2.75, 3.05) is 11.4 Å². The van der Waals surface area contributed by atoms with Crippen LogP contribution in [0.15, 0.2) is 36.7 Å². The van der Waals surface area contributed by atoms with Crippen LogP contribution in [0.2, 0.25) is 0 Å². The van der Waals surface area contributed by atoms with E-state index < -0.39 is 23.3 Å². The Kier molecular flexibility index (Phi) is 5.79. The SMILES string of the molecule is CC1(O)CC(N(C[C@@H](F)C(C)(C)O)c2cc(-c3ccc4cc(C#N)cnn34)ncc2C(N)=O)C1. The highest BCUT2D eigenvalue weighted by Crippen LogP contribution is 2.40. The molecule has 3 aromatic rings. The number of carbonyl (C=O) groups is 1. The highest BCUT2D eigenvalue weighted by Gasteiger charge is 2.44. The highest BCUT2D eigenvalue weighted by molar-refractivity contribution is 5.99. The minimum absolute atomic E-state index is 0.110. The molecule has 34 heavy (non-hydrogen) atoms. The summed E-state index contributed by atoms with van der Waals surface area (Å²) in [6.45, 7) is 4.26. The average molecular weight is 467 g/mol. The number of carbonyl (C=O) groups excluding carboxylic acids is 1. The molecule has 0 radical (unpaired) electrons. The molecule has 0 bridgehead atoms. The zero-order valence-electron chi connectivity index (χ0n) is 19.2. The molecule has 0 aliphatic heterocycles. The Balaban J connectivity index is 1.82. The van der Waals surface area contributed by atoms with E-state index in [1.165, 1.54) is 26.2 Å². The van der Waals surface area contributed by atoms with Crippen LogP contribution in [0.1, 0.15) is 49.5 Å². The van der Waals surface area contributed by atoms with Gasteiger partial charge in [-0.05, 0) is 57.9 Å². The van der Waals surface area contributed by atoms with Crippen molar-refractivity contribution >= 4 is 17.1 Å². The first kappa shape index (κ1) is 23.6. The van der Waals surface area contributed by atoms with Crippen molar-refractivity contribution in [1.82, 2.24) is 14.6 Å². The number of hydrogen-bond acceptors (Lipinski definition) is 7. The number of fused-ring (bicyclic) bond motifs is 1. The maximum atomic E-state index is 15.0. The third-order valence-corrected chi connectivity index (χ3v) is 6.26. The minimum atomic E-state index is -1.63. The first-order chi connectivity index (χ1) is 15.9. The van der Waals surface area contributed by atoms with Crippen LogP contribution in [0.3, 0.4) is 0 Å². The van der Waals surface area contributed by atoms with Crippen molar-refractivity contribution in [1.29, 1.82) is 5.26 Å². The number of aliphatic hydroxyl groups is 2. The number of nitrogens with zero attached hydrogens (tertiary/aromatic N) is 5. The van der Waals surface area contributed by atoms with Gasteiger partial charge < -0.3 is 20.8 Å². The van der Waals surface area contributed by atoms with Gasteiger partial charge in [-0.3, -0.25) is 9.78 Å². The molecule has 9 nitrogen and oxygen atoms in total. The number of aromatic nitrogens is 3. The van der Waals surface area contributed by atoms with E-state index in [9.17, 15) is 15.0 Å². The lowest BCUT2D eigenvalue weighted by atomic mass is 9.76. The van der Waals surface area contributed by atoms with Crippen molar-refractivity contribution in [2.45, 2.75) is 57.0 Å². The van der Waals surface area contributed by atoms with E-state index in [4.69, 9.17) is 11.0 Å². The first-order valence-corrected chi connectivity index (χ1v) is 10.9. The van der Waals surface area contributed by atoms with Gasteiger partial charge >= 0.3 is 0 Å². The van der Waals surface area contributed by atoms with Crippen LogP contribution in [0.25, 0.3) is 16.9 Å². The average Bonchev–Trinajstić information content (AvgIpc) is 3.17. The van der Waals surface area contributed by atoms with Crippen LogP contribution in [0.5, 0.6) is 0 Å². The normalized spacial score (nSPS) is 21.0. The zero-order valence-corrected chi connectivity index (χ0v) is 19.2. The second-order valence-electron chi connectivity index (χ2n) is 9.69. The second kappa shape index (κ2) is 8.34. The second-order valence-corrected chi connectivity index (χ2v) is 9.69. The summed E-state index contributed by atoms with van der Waals surface area (Å²) < 4.78 is 16.6. The smallest absolute Gasteiger partial charge is 0.252 e. The van der Waals surface area contributed by atoms with Gasteiger partial charge in [0, 0.05) is 12.2 Å². The van der Waals surface area contributed by atoms with Crippen LogP contribution >= 0.6 is 0 Å². The lowest BCUT2D eigenvalue weighted by Gasteiger charge is -2.49. The largest absolute Gasteiger partial charge is 0.390 e. The summed E-state index contributed by atoms with van der Waals surface area (Å²) in [7, 11) is 0. The predicted molar refractivity (Wildman–Crippen MR) is 124 cm³/mol. The maximum Gasteiger partial charge on any atom is 0.252 e. The molecule has 1 atom stereocenters. The Morgan fingerprint density at radius 1 is 1.41 bits per heavy atom. The van der Waals surface area contributed by atoms with Crippen LogP contribution < -0.4 is 10.6 Å². The fourth-order valence-electron chi connectivity index (χ4n) is 4.28. The summed E-state index contributed by atoms with van der Waals surface area (Å²) in [6, 6.07) is 8.70. The predicted octanol–water partition coefficient (Wildman–Crippen LogP) is 2.20. The number of alkyl halides is 1. The van der Waals surface area contributed by atoms with Crippen LogP contribution in [0, 0.1) is 11.3 Å². The highest BCUT2D eigenvalue weighted by atomic mass is 19.1. The summed E-state index contributed by atoms with van der Waals surface area (Å²) in [5.74, 6) is -0.722. The summed E-state index contributed by atoms with van der Waals surface area (Å²) in [4.78, 5) is 18.3. The Morgan fingerprint density at radius 3 is 2.71 bits per heavy atom. The Bertz CT molecular complexity index is 1280. The van der Waals surface area contributed by atoms with E-state index in [-0.39, 0.29) is 18.2 Å². The summed E-state index contributed by atoms with van der Waals surface area (Å²) >= 11 is 0. The van der Waals surface area contributed by atoms with E-state index in [0.717, 1.165) is 0 Å². The summed E-state index contributed by atoms with van der Waals surface area (Å²) in [5.41, 5.74) is 5.78.